The minimum Gasteiger partial charge on any atom is -0.350 e. The molecule has 0 aliphatic rings. The molecule has 29 heavy (non-hydrogen) atoms. The highest BCUT2D eigenvalue weighted by Crippen LogP contribution is 2.14. The lowest BCUT2D eigenvalue weighted by Gasteiger charge is -2.22. The quantitative estimate of drug-likeness (QED) is 0.712. The van der Waals surface area contributed by atoms with Crippen LogP contribution in [-0.2, 0) is 17.9 Å². The van der Waals surface area contributed by atoms with Gasteiger partial charge in [0.05, 0.1) is 0 Å². The van der Waals surface area contributed by atoms with Gasteiger partial charge in [0.2, 0.25) is 5.91 Å². The van der Waals surface area contributed by atoms with Gasteiger partial charge in [0.1, 0.15) is 23.2 Å². The van der Waals surface area contributed by atoms with E-state index in [1.807, 2.05) is 43.3 Å². The molecule has 0 aliphatic heterocycles. The van der Waals surface area contributed by atoms with Crippen molar-refractivity contribution in [3.8, 4) is 0 Å². The lowest BCUT2D eigenvalue weighted by molar-refractivity contribution is -0.124. The molecule has 7 heteroatoms. The third-order valence-electron chi connectivity index (χ3n) is 4.48. The van der Waals surface area contributed by atoms with Crippen LogP contribution >= 0.6 is 0 Å². The largest absolute Gasteiger partial charge is 0.350 e. The summed E-state index contributed by atoms with van der Waals surface area (Å²) < 4.78 is 27.7. The molecule has 0 fully saturated rings. The third-order valence-corrected chi connectivity index (χ3v) is 4.48. The maximum atomic E-state index is 13.9. The monoisotopic (exact) mass is 403 g/mol. The Balaban J connectivity index is 2.10. The molecule has 2 N–H and O–H groups in total. The van der Waals surface area contributed by atoms with Crippen LogP contribution in [0.5, 0.6) is 0 Å². The molecule has 0 spiro atoms. The molecular weight excluding hydrogens is 376 g/mol. The first-order valence-electron chi connectivity index (χ1n) is 9.44. The molecule has 1 unspecified atom stereocenters. The maximum absolute atomic E-state index is 13.9. The summed E-state index contributed by atoms with van der Waals surface area (Å²) in [5.41, 5.74) is 1.35. The first-order chi connectivity index (χ1) is 13.7. The van der Waals surface area contributed by atoms with Gasteiger partial charge in [-0.3, -0.25) is 9.59 Å². The van der Waals surface area contributed by atoms with Gasteiger partial charge in [-0.05, 0) is 43.3 Å². The fourth-order valence-electron chi connectivity index (χ4n) is 2.98. The number of amides is 2. The summed E-state index contributed by atoms with van der Waals surface area (Å²) in [6, 6.07) is 10.0. The Morgan fingerprint density at radius 1 is 0.966 bits per heavy atom. The van der Waals surface area contributed by atoms with Gasteiger partial charge in [0.15, 0.2) is 0 Å². The van der Waals surface area contributed by atoms with E-state index in [4.69, 9.17) is 0 Å². The van der Waals surface area contributed by atoms with Crippen LogP contribution in [0.4, 0.5) is 8.78 Å². The predicted molar refractivity (Wildman–Crippen MR) is 108 cm³/mol. The van der Waals surface area contributed by atoms with Crippen molar-refractivity contribution in [2.24, 2.45) is 5.92 Å². The average Bonchev–Trinajstić information content (AvgIpc) is 2.64. The average molecular weight is 403 g/mol. The highest BCUT2D eigenvalue weighted by molar-refractivity contribution is 5.98. The summed E-state index contributed by atoms with van der Waals surface area (Å²) in [7, 11) is 3.92. The van der Waals surface area contributed by atoms with Gasteiger partial charge in [0, 0.05) is 13.1 Å². The summed E-state index contributed by atoms with van der Waals surface area (Å²) in [4.78, 5) is 27.1. The van der Waals surface area contributed by atoms with Crippen LogP contribution in [0.2, 0.25) is 0 Å². The van der Waals surface area contributed by atoms with Gasteiger partial charge in [-0.25, -0.2) is 8.78 Å². The molecule has 0 saturated heterocycles. The Labute approximate surface area is 170 Å². The van der Waals surface area contributed by atoms with Gasteiger partial charge in [-0.15, -0.1) is 0 Å². The standard InChI is InChI=1S/C22H27F2N3O2/c1-14(2)20(26-21(28)19-17(23)10-7-11-18(19)24)22(29)25-12-15-8-5-6-9-16(15)13-27(3)4/h5-11,14,20H,12-13H2,1-4H3,(H,25,29)(H,26,28). The van der Waals surface area contributed by atoms with Crippen LogP contribution < -0.4 is 10.6 Å². The number of carbonyl (C=O) groups excluding carboxylic acids is 2. The van der Waals surface area contributed by atoms with Crippen LogP contribution in [0.25, 0.3) is 0 Å². The van der Waals surface area contributed by atoms with Crippen LogP contribution in [0.1, 0.15) is 35.3 Å². The SMILES string of the molecule is CC(C)C(NC(=O)c1c(F)cccc1F)C(=O)NCc1ccccc1CN(C)C. The van der Waals surface area contributed by atoms with Crippen molar-refractivity contribution in [3.05, 3.63) is 70.8 Å². The number of hydrogen-bond donors (Lipinski definition) is 2. The lowest BCUT2D eigenvalue weighted by atomic mass is 10.0. The molecule has 0 saturated carbocycles. The Morgan fingerprint density at radius 3 is 2.10 bits per heavy atom. The Bertz CT molecular complexity index is 849. The molecule has 0 aliphatic carbocycles. The van der Waals surface area contributed by atoms with E-state index >= 15 is 0 Å². The first-order valence-corrected chi connectivity index (χ1v) is 9.44. The van der Waals surface area contributed by atoms with Gasteiger partial charge in [-0.1, -0.05) is 44.2 Å². The molecule has 156 valence electrons. The second-order valence-corrected chi connectivity index (χ2v) is 7.52. The normalized spacial score (nSPS) is 12.1. The highest BCUT2D eigenvalue weighted by Gasteiger charge is 2.27. The molecule has 2 rings (SSSR count). The molecule has 1 atom stereocenters. The van der Waals surface area contributed by atoms with Crippen LogP contribution in [0, 0.1) is 17.6 Å². The second kappa shape index (κ2) is 10.1. The smallest absolute Gasteiger partial charge is 0.257 e. The number of nitrogens with one attached hydrogen (secondary N) is 2. The summed E-state index contributed by atoms with van der Waals surface area (Å²) in [5.74, 6) is -3.58. The van der Waals surface area contributed by atoms with Crippen molar-refractivity contribution >= 4 is 11.8 Å². The van der Waals surface area contributed by atoms with Gasteiger partial charge < -0.3 is 15.5 Å². The van der Waals surface area contributed by atoms with Gasteiger partial charge in [0.25, 0.3) is 5.91 Å². The number of carbonyl (C=O) groups is 2. The topological polar surface area (TPSA) is 61.4 Å². The van der Waals surface area contributed by atoms with E-state index in [-0.39, 0.29) is 12.5 Å². The van der Waals surface area contributed by atoms with Crippen molar-refractivity contribution < 1.29 is 18.4 Å². The van der Waals surface area contributed by atoms with E-state index in [9.17, 15) is 18.4 Å². The fourth-order valence-corrected chi connectivity index (χ4v) is 2.98. The number of nitrogens with zero attached hydrogens (tertiary/aromatic N) is 1. The summed E-state index contributed by atoms with van der Waals surface area (Å²) in [6.45, 7) is 4.52. The number of rotatable bonds is 8. The third kappa shape index (κ3) is 6.09. The number of halogens is 2. The lowest BCUT2D eigenvalue weighted by Crippen LogP contribution is -2.49. The van der Waals surface area contributed by atoms with Crippen molar-refractivity contribution in [1.82, 2.24) is 15.5 Å². The summed E-state index contributed by atoms with van der Waals surface area (Å²) in [6.07, 6.45) is 0. The van der Waals surface area contributed by atoms with E-state index in [1.165, 1.54) is 6.07 Å². The minimum atomic E-state index is -0.969. The van der Waals surface area contributed by atoms with Crippen LogP contribution in [-0.4, -0.2) is 36.9 Å². The Kier molecular flexibility index (Phi) is 7.84. The Hall–Kier alpha value is -2.80. The molecule has 2 aromatic carbocycles. The highest BCUT2D eigenvalue weighted by atomic mass is 19.1. The van der Waals surface area contributed by atoms with Crippen molar-refractivity contribution in [3.63, 3.8) is 0 Å². The first kappa shape index (κ1) is 22.5. The zero-order valence-corrected chi connectivity index (χ0v) is 17.1. The second-order valence-electron chi connectivity index (χ2n) is 7.52. The molecule has 0 heterocycles. The molecule has 5 nitrogen and oxygen atoms in total. The fraction of sp³-hybridized carbons (Fsp3) is 0.364. The number of hydrogen-bond acceptors (Lipinski definition) is 3. The van der Waals surface area contributed by atoms with Crippen LogP contribution in [0.3, 0.4) is 0 Å². The van der Waals surface area contributed by atoms with E-state index < -0.39 is 35.1 Å². The predicted octanol–water partition coefficient (Wildman–Crippen LogP) is 3.10. The molecule has 2 amide bonds. The maximum Gasteiger partial charge on any atom is 0.257 e. The summed E-state index contributed by atoms with van der Waals surface area (Å²) in [5, 5.41) is 5.28. The molecule has 0 aromatic heterocycles. The van der Waals surface area contributed by atoms with E-state index in [1.54, 1.807) is 13.8 Å². The zero-order chi connectivity index (χ0) is 21.6. The van der Waals surface area contributed by atoms with E-state index in [0.29, 0.717) is 0 Å². The molecular formula is C22H27F2N3O2. The zero-order valence-electron chi connectivity index (χ0n) is 17.1. The number of benzene rings is 2. The van der Waals surface area contributed by atoms with Gasteiger partial charge >= 0.3 is 0 Å². The molecule has 2 aromatic rings. The van der Waals surface area contributed by atoms with E-state index in [0.717, 1.165) is 29.8 Å². The van der Waals surface area contributed by atoms with Crippen molar-refractivity contribution in [2.45, 2.75) is 33.0 Å². The van der Waals surface area contributed by atoms with E-state index in [2.05, 4.69) is 10.6 Å². The van der Waals surface area contributed by atoms with Crippen molar-refractivity contribution in [2.75, 3.05) is 14.1 Å². The van der Waals surface area contributed by atoms with Crippen molar-refractivity contribution in [1.29, 1.82) is 0 Å². The molecule has 0 bridgehead atoms. The van der Waals surface area contributed by atoms with Gasteiger partial charge in [-0.2, -0.15) is 0 Å². The minimum absolute atomic E-state index is 0.272. The Morgan fingerprint density at radius 2 is 1.55 bits per heavy atom. The molecule has 0 radical (unpaired) electrons. The summed E-state index contributed by atoms with van der Waals surface area (Å²) >= 11 is 0. The van der Waals surface area contributed by atoms with Crippen LogP contribution in [0.15, 0.2) is 42.5 Å².